The van der Waals surface area contributed by atoms with E-state index in [4.69, 9.17) is 16.6 Å². The molecule has 5 rings (SSSR count). The molecule has 0 radical (unpaired) electrons. The van der Waals surface area contributed by atoms with Crippen LogP contribution in [0.4, 0.5) is 14.9 Å². The molecule has 2 aliphatic carbocycles. The fourth-order valence-corrected chi connectivity index (χ4v) is 6.04. The Labute approximate surface area is 231 Å². The molecule has 2 aliphatic rings. The first-order valence-electron chi connectivity index (χ1n) is 12.9. The van der Waals surface area contributed by atoms with Gasteiger partial charge in [-0.2, -0.15) is 0 Å². The van der Waals surface area contributed by atoms with Crippen molar-refractivity contribution in [2.45, 2.75) is 57.4 Å². The van der Waals surface area contributed by atoms with E-state index in [2.05, 4.69) is 29.7 Å². The lowest BCUT2D eigenvalue weighted by atomic mass is 10.1. The molecular weight excluding hydrogens is 547 g/mol. The second kappa shape index (κ2) is 11.1. The van der Waals surface area contributed by atoms with Crippen LogP contribution in [0.25, 0.3) is 22.6 Å². The second-order valence-corrected chi connectivity index (χ2v) is 12.4. The molecule has 10 nitrogen and oxygen atoms in total. The van der Waals surface area contributed by atoms with Crippen LogP contribution in [-0.2, 0) is 21.2 Å². The molecule has 0 aliphatic heterocycles. The highest BCUT2D eigenvalue weighted by Crippen LogP contribution is 2.43. The van der Waals surface area contributed by atoms with Gasteiger partial charge in [-0.15, -0.1) is 0 Å². The Balaban J connectivity index is 1.46. The molecule has 3 aromatic rings. The summed E-state index contributed by atoms with van der Waals surface area (Å²) in [5.74, 6) is 0.791. The molecular formula is C26H30ClFN6O4S. The van der Waals surface area contributed by atoms with Gasteiger partial charge in [-0.25, -0.2) is 32.6 Å². The Morgan fingerprint density at radius 3 is 2.72 bits per heavy atom. The van der Waals surface area contributed by atoms with E-state index in [0.29, 0.717) is 41.6 Å². The van der Waals surface area contributed by atoms with Crippen LogP contribution in [0.1, 0.15) is 56.6 Å². The van der Waals surface area contributed by atoms with Crippen molar-refractivity contribution in [2.75, 3.05) is 17.6 Å². The predicted molar refractivity (Wildman–Crippen MR) is 145 cm³/mol. The van der Waals surface area contributed by atoms with Gasteiger partial charge in [0, 0.05) is 35.2 Å². The smallest absolute Gasteiger partial charge is 0.407 e. The van der Waals surface area contributed by atoms with Crippen molar-refractivity contribution in [3.63, 3.8) is 0 Å². The third-order valence-corrected chi connectivity index (χ3v) is 8.37. The predicted octanol–water partition coefficient (Wildman–Crippen LogP) is 5.03. The summed E-state index contributed by atoms with van der Waals surface area (Å²) in [6.45, 7) is 1.86. The second-order valence-electron chi connectivity index (χ2n) is 10.2. The van der Waals surface area contributed by atoms with Crippen LogP contribution < -0.4 is 10.0 Å². The number of alkyl carbamates (subject to hydrolysis) is 1. The number of carbonyl (C=O) groups is 1. The number of aromatic amines is 1. The Morgan fingerprint density at radius 1 is 1.26 bits per heavy atom. The van der Waals surface area contributed by atoms with Crippen LogP contribution in [0, 0.1) is 11.7 Å². The summed E-state index contributed by atoms with van der Waals surface area (Å²) in [7, 11) is -2.42. The van der Waals surface area contributed by atoms with E-state index in [1.165, 1.54) is 19.2 Å². The lowest BCUT2D eigenvalue weighted by Gasteiger charge is -2.13. The van der Waals surface area contributed by atoms with E-state index < -0.39 is 21.9 Å². The molecule has 208 valence electrons. The van der Waals surface area contributed by atoms with Gasteiger partial charge in [0.25, 0.3) is 0 Å². The number of hydrogen-bond acceptors (Lipinski definition) is 7. The van der Waals surface area contributed by atoms with Gasteiger partial charge in [-0.3, -0.25) is 4.72 Å². The third-order valence-electron chi connectivity index (χ3n) is 6.71. The summed E-state index contributed by atoms with van der Waals surface area (Å²) in [5, 5.41) is 2.88. The van der Waals surface area contributed by atoms with Crippen molar-refractivity contribution in [2.24, 2.45) is 5.92 Å². The Morgan fingerprint density at radius 2 is 2.03 bits per heavy atom. The monoisotopic (exact) mass is 576 g/mol. The van der Waals surface area contributed by atoms with E-state index in [-0.39, 0.29) is 39.9 Å². The number of ether oxygens (including phenoxy) is 1. The number of H-pyrrole nitrogens is 1. The molecule has 39 heavy (non-hydrogen) atoms. The number of benzene rings is 1. The first kappa shape index (κ1) is 27.3. The molecule has 0 spiro atoms. The number of nitrogens with one attached hydrogen (secondary N) is 3. The van der Waals surface area contributed by atoms with Crippen molar-refractivity contribution < 1.29 is 22.3 Å². The van der Waals surface area contributed by atoms with Crippen LogP contribution in [-0.4, -0.2) is 53.4 Å². The Bertz CT molecular complexity index is 1490. The van der Waals surface area contributed by atoms with Crippen molar-refractivity contribution in [1.29, 1.82) is 0 Å². The number of sulfonamides is 1. The third kappa shape index (κ3) is 6.85. The highest BCUT2D eigenvalue weighted by molar-refractivity contribution is 7.92. The molecule has 1 aromatic carbocycles. The van der Waals surface area contributed by atoms with Gasteiger partial charge in [-0.1, -0.05) is 11.6 Å². The SMILES string of the molecule is COC(=O)N[C@@H](C)CCc1nccc(-c2[nH]c(C3CC3)nc2-c2cc(Cl)cc(NS(=O)(=O)CC3CC3)c2F)n1. The molecule has 2 aromatic heterocycles. The first-order valence-corrected chi connectivity index (χ1v) is 14.9. The molecule has 3 N–H and O–H groups in total. The zero-order valence-corrected chi connectivity index (χ0v) is 23.2. The van der Waals surface area contributed by atoms with Gasteiger partial charge >= 0.3 is 6.09 Å². The Hall–Kier alpha value is -3.25. The van der Waals surface area contributed by atoms with E-state index in [0.717, 1.165) is 25.7 Å². The van der Waals surface area contributed by atoms with Gasteiger partial charge in [0.1, 0.15) is 17.3 Å². The first-order chi connectivity index (χ1) is 18.6. The number of aromatic nitrogens is 4. The van der Waals surface area contributed by atoms with Gasteiger partial charge < -0.3 is 15.0 Å². The largest absolute Gasteiger partial charge is 0.453 e. The number of imidazole rings is 1. The van der Waals surface area contributed by atoms with Crippen LogP contribution in [0.15, 0.2) is 24.4 Å². The van der Waals surface area contributed by atoms with Gasteiger partial charge in [0.2, 0.25) is 10.0 Å². The molecule has 2 heterocycles. The van der Waals surface area contributed by atoms with Gasteiger partial charge in [-0.05, 0) is 63.1 Å². The summed E-state index contributed by atoms with van der Waals surface area (Å²) in [6.07, 6.45) is 5.81. The molecule has 13 heteroatoms. The van der Waals surface area contributed by atoms with Gasteiger partial charge in [0.05, 0.1) is 29.9 Å². The molecule has 0 unspecified atom stereocenters. The van der Waals surface area contributed by atoms with Crippen LogP contribution >= 0.6 is 11.6 Å². The average Bonchev–Trinajstić information content (AvgIpc) is 3.84. The maximum absolute atomic E-state index is 15.8. The number of anilines is 1. The normalized spacial score (nSPS) is 16.1. The summed E-state index contributed by atoms with van der Waals surface area (Å²) < 4.78 is 48.0. The van der Waals surface area contributed by atoms with E-state index >= 15 is 4.39 Å². The highest BCUT2D eigenvalue weighted by atomic mass is 35.5. The molecule has 0 bridgehead atoms. The minimum atomic E-state index is -3.73. The Kier molecular flexibility index (Phi) is 7.77. The minimum absolute atomic E-state index is 0.0503. The number of hydrogen-bond donors (Lipinski definition) is 3. The average molecular weight is 577 g/mol. The summed E-state index contributed by atoms with van der Waals surface area (Å²) in [4.78, 5) is 28.5. The van der Waals surface area contributed by atoms with Crippen molar-refractivity contribution >= 4 is 33.4 Å². The van der Waals surface area contributed by atoms with E-state index in [1.807, 2.05) is 6.92 Å². The summed E-state index contributed by atoms with van der Waals surface area (Å²) in [6, 6.07) is 4.26. The van der Waals surface area contributed by atoms with Crippen molar-refractivity contribution in [3.05, 3.63) is 46.9 Å². The standard InChI is InChI=1S/C26H30ClFN6O4S/c1-14(30-26(35)38-2)3-8-21-29-10-9-19(31-21)24-23(32-25(33-24)16-6-7-16)18-11-17(27)12-20(22(18)28)34-39(36,37)13-15-4-5-15/h9-12,14-16,34H,3-8,13H2,1-2H3,(H,30,35)(H,32,33)/t14-/m0/s1. The maximum atomic E-state index is 15.8. The number of aryl methyl sites for hydroxylation is 1. The number of halogens is 2. The number of rotatable bonds is 11. The summed E-state index contributed by atoms with van der Waals surface area (Å²) >= 11 is 6.34. The molecule has 1 atom stereocenters. The molecule has 2 saturated carbocycles. The van der Waals surface area contributed by atoms with Crippen molar-refractivity contribution in [1.82, 2.24) is 25.3 Å². The zero-order chi connectivity index (χ0) is 27.7. The number of methoxy groups -OCH3 is 1. The molecule has 2 fully saturated rings. The fourth-order valence-electron chi connectivity index (χ4n) is 4.30. The van der Waals surface area contributed by atoms with E-state index in [9.17, 15) is 13.2 Å². The molecule has 1 amide bonds. The highest BCUT2D eigenvalue weighted by Gasteiger charge is 2.31. The van der Waals surface area contributed by atoms with Crippen LogP contribution in [0.3, 0.4) is 0 Å². The summed E-state index contributed by atoms with van der Waals surface area (Å²) in [5.41, 5.74) is 1.16. The molecule has 0 saturated heterocycles. The number of nitrogens with zero attached hydrogens (tertiary/aromatic N) is 3. The van der Waals surface area contributed by atoms with Crippen LogP contribution in [0.2, 0.25) is 5.02 Å². The van der Waals surface area contributed by atoms with Crippen LogP contribution in [0.5, 0.6) is 0 Å². The van der Waals surface area contributed by atoms with Gasteiger partial charge in [0.15, 0.2) is 5.82 Å². The lowest BCUT2D eigenvalue weighted by molar-refractivity contribution is 0.167. The number of carbonyl (C=O) groups excluding carboxylic acids is 1. The van der Waals surface area contributed by atoms with Crippen molar-refractivity contribution in [3.8, 4) is 22.6 Å². The zero-order valence-electron chi connectivity index (χ0n) is 21.6. The topological polar surface area (TPSA) is 139 Å². The van der Waals surface area contributed by atoms with E-state index in [1.54, 1.807) is 12.3 Å². The fraction of sp³-hybridized carbons (Fsp3) is 0.462. The number of amides is 1. The lowest BCUT2D eigenvalue weighted by Crippen LogP contribution is -2.32. The quantitative estimate of drug-likeness (QED) is 0.291. The minimum Gasteiger partial charge on any atom is -0.453 e. The maximum Gasteiger partial charge on any atom is 0.407 e.